The molecule has 1 saturated heterocycles. The number of aryl methyl sites for hydroxylation is 1. The van der Waals surface area contributed by atoms with E-state index in [4.69, 9.17) is 11.6 Å². The zero-order chi connectivity index (χ0) is 23.3. The number of carbonyl (C=O) groups is 1. The van der Waals surface area contributed by atoms with E-state index in [9.17, 15) is 18.0 Å². The highest BCUT2D eigenvalue weighted by Gasteiger charge is 2.40. The van der Waals surface area contributed by atoms with E-state index in [1.807, 2.05) is 24.0 Å². The van der Waals surface area contributed by atoms with Crippen LogP contribution in [0.2, 0.25) is 5.02 Å². The van der Waals surface area contributed by atoms with E-state index >= 15 is 0 Å². The molecular weight excluding hydrogens is 457 g/mol. The summed E-state index contributed by atoms with van der Waals surface area (Å²) in [5.74, 6) is -1.66. The van der Waals surface area contributed by atoms with Crippen molar-refractivity contribution >= 4 is 17.5 Å². The van der Waals surface area contributed by atoms with Crippen LogP contribution in [0.3, 0.4) is 0 Å². The molecule has 3 heterocycles. The summed E-state index contributed by atoms with van der Waals surface area (Å²) in [7, 11) is 0. The highest BCUT2D eigenvalue weighted by molar-refractivity contribution is 6.31. The Balaban J connectivity index is 1.43. The monoisotopic (exact) mass is 476 g/mol. The maximum Gasteiger partial charge on any atom is 0.471 e. The highest BCUT2D eigenvalue weighted by atomic mass is 35.5. The van der Waals surface area contributed by atoms with Crippen LogP contribution in [-0.2, 0) is 12.7 Å². The molecule has 0 bridgehead atoms. The minimum Gasteiger partial charge on any atom is -0.331 e. The predicted octanol–water partition coefficient (Wildman–Crippen LogP) is 4.82. The summed E-state index contributed by atoms with van der Waals surface area (Å²) in [6, 6.07) is 10.8. The van der Waals surface area contributed by atoms with Crippen molar-refractivity contribution in [1.29, 1.82) is 0 Å². The number of benzene rings is 2. The lowest BCUT2D eigenvalue weighted by atomic mass is 9.85. The van der Waals surface area contributed by atoms with Crippen LogP contribution in [0, 0.1) is 6.92 Å². The third-order valence-corrected chi connectivity index (χ3v) is 6.75. The molecule has 33 heavy (non-hydrogen) atoms. The Hall–Kier alpha value is -2.91. The van der Waals surface area contributed by atoms with Gasteiger partial charge in [0.05, 0.1) is 0 Å². The van der Waals surface area contributed by atoms with Crippen LogP contribution >= 0.6 is 11.6 Å². The normalized spacial score (nSPS) is 20.9. The van der Waals surface area contributed by atoms with E-state index < -0.39 is 12.1 Å². The van der Waals surface area contributed by atoms with Gasteiger partial charge in [0.25, 0.3) is 5.91 Å². The highest BCUT2D eigenvalue weighted by Crippen LogP contribution is 2.36. The molecule has 2 aliphatic heterocycles. The molecule has 10 heteroatoms. The maximum atomic E-state index is 13.4. The summed E-state index contributed by atoms with van der Waals surface area (Å²) in [4.78, 5) is 18.7. The molecule has 0 radical (unpaired) electrons. The smallest absolute Gasteiger partial charge is 0.331 e. The fourth-order valence-electron chi connectivity index (χ4n) is 4.64. The number of halogens is 4. The fourth-order valence-corrected chi connectivity index (χ4v) is 4.76. The van der Waals surface area contributed by atoms with Gasteiger partial charge in [-0.25, -0.2) is 0 Å². The molecule has 6 nitrogen and oxygen atoms in total. The lowest BCUT2D eigenvalue weighted by Crippen LogP contribution is -2.48. The maximum absolute atomic E-state index is 13.4. The Kier molecular flexibility index (Phi) is 5.41. The zero-order valence-corrected chi connectivity index (χ0v) is 18.4. The lowest BCUT2D eigenvalue weighted by Gasteiger charge is -2.38. The molecular formula is C23H20ClF3N4O2. The fraction of sp³-hybridized carbons (Fsp3) is 0.348. The average Bonchev–Trinajstić information content (AvgIpc) is 3.41. The first kappa shape index (κ1) is 21.9. The molecule has 1 fully saturated rings. The zero-order valence-electron chi connectivity index (χ0n) is 17.6. The third-order valence-electron chi connectivity index (χ3n) is 6.32. The molecule has 5 rings (SSSR count). The number of rotatable bonds is 3. The molecule has 1 N–H and O–H groups in total. The van der Waals surface area contributed by atoms with Crippen LogP contribution in [0.5, 0.6) is 0 Å². The van der Waals surface area contributed by atoms with Crippen molar-refractivity contribution in [2.45, 2.75) is 38.0 Å². The van der Waals surface area contributed by atoms with Gasteiger partial charge in [0, 0.05) is 41.2 Å². The number of carbonyl (C=O) groups excluding carboxylic acids is 1. The Morgan fingerprint density at radius 3 is 2.76 bits per heavy atom. The molecule has 2 atom stereocenters. The first-order chi connectivity index (χ1) is 15.7. The molecule has 3 aromatic rings. The number of nitrogens with zero attached hydrogens (tertiary/aromatic N) is 3. The first-order valence-corrected chi connectivity index (χ1v) is 10.9. The quantitative estimate of drug-likeness (QED) is 0.587. The van der Waals surface area contributed by atoms with Gasteiger partial charge in [-0.15, -0.1) is 0 Å². The van der Waals surface area contributed by atoms with Crippen molar-refractivity contribution in [2.75, 3.05) is 13.1 Å². The van der Waals surface area contributed by atoms with E-state index in [2.05, 4.69) is 26.0 Å². The van der Waals surface area contributed by atoms with Crippen LogP contribution in [-0.4, -0.2) is 40.1 Å². The van der Waals surface area contributed by atoms with Crippen LogP contribution in [0.4, 0.5) is 13.2 Å². The van der Waals surface area contributed by atoms with Gasteiger partial charge in [0.2, 0.25) is 5.82 Å². The number of hydrogen-bond donors (Lipinski definition) is 1. The Labute approximate surface area is 192 Å². The van der Waals surface area contributed by atoms with Crippen LogP contribution in [0.1, 0.15) is 45.3 Å². The average molecular weight is 477 g/mol. The van der Waals surface area contributed by atoms with Gasteiger partial charge < -0.3 is 14.7 Å². The summed E-state index contributed by atoms with van der Waals surface area (Å²) < 4.78 is 42.8. The van der Waals surface area contributed by atoms with E-state index in [-0.39, 0.29) is 23.7 Å². The van der Waals surface area contributed by atoms with E-state index in [1.54, 1.807) is 18.2 Å². The standard InChI is InChI=1S/C23H20ClF3N4O2/c1-12-8-13(4-5-18(12)24)17-10-28-7-6-19(17)31-11-15-3-2-14(9-16(15)21(31)32)20-29-22(33-30-20)23(25,26)27/h2-5,8-9,17,19,28H,6-7,10-11H2,1H3/t17-,19+/m0/s1. The summed E-state index contributed by atoms with van der Waals surface area (Å²) in [6.45, 7) is 3.93. The molecule has 0 unspecified atom stereocenters. The molecule has 172 valence electrons. The van der Waals surface area contributed by atoms with Crippen molar-refractivity contribution in [3.8, 4) is 11.4 Å². The second-order valence-corrected chi connectivity index (χ2v) is 8.81. The van der Waals surface area contributed by atoms with Gasteiger partial charge in [-0.1, -0.05) is 41.0 Å². The van der Waals surface area contributed by atoms with E-state index in [0.29, 0.717) is 22.7 Å². The van der Waals surface area contributed by atoms with Crippen LogP contribution in [0.25, 0.3) is 11.4 Å². The summed E-state index contributed by atoms with van der Waals surface area (Å²) >= 11 is 6.20. The minimum atomic E-state index is -4.72. The van der Waals surface area contributed by atoms with Gasteiger partial charge in [-0.05, 0) is 48.7 Å². The number of fused-ring (bicyclic) bond motifs is 1. The number of nitrogens with one attached hydrogen (secondary N) is 1. The van der Waals surface area contributed by atoms with Crippen molar-refractivity contribution < 1.29 is 22.5 Å². The number of alkyl halides is 3. The number of piperidine rings is 1. The summed E-state index contributed by atoms with van der Waals surface area (Å²) in [6.07, 6.45) is -3.93. The van der Waals surface area contributed by atoms with Crippen molar-refractivity contribution in [1.82, 2.24) is 20.4 Å². The Bertz CT molecular complexity index is 1230. The van der Waals surface area contributed by atoms with Gasteiger partial charge in [0.15, 0.2) is 0 Å². The van der Waals surface area contributed by atoms with Gasteiger partial charge in [-0.3, -0.25) is 4.79 Å². The van der Waals surface area contributed by atoms with E-state index in [1.165, 1.54) is 0 Å². The molecule has 1 aromatic heterocycles. The first-order valence-electron chi connectivity index (χ1n) is 10.5. The van der Waals surface area contributed by atoms with Crippen molar-refractivity contribution in [3.63, 3.8) is 0 Å². The van der Waals surface area contributed by atoms with Gasteiger partial charge in [0.1, 0.15) is 0 Å². The molecule has 1 amide bonds. The number of hydrogen-bond acceptors (Lipinski definition) is 5. The van der Waals surface area contributed by atoms with Gasteiger partial charge in [-0.2, -0.15) is 18.2 Å². The van der Waals surface area contributed by atoms with Crippen LogP contribution in [0.15, 0.2) is 40.9 Å². The number of amides is 1. The minimum absolute atomic E-state index is 0.0165. The lowest BCUT2D eigenvalue weighted by molar-refractivity contribution is -0.159. The van der Waals surface area contributed by atoms with Gasteiger partial charge >= 0.3 is 12.1 Å². The predicted molar refractivity (Wildman–Crippen MR) is 115 cm³/mol. The SMILES string of the molecule is Cc1cc([C@@H]2CNCC[C@H]2N2Cc3ccc(-c4noc(C(F)(F)F)n4)cc3C2=O)ccc1Cl. The Morgan fingerprint density at radius 2 is 2.03 bits per heavy atom. The van der Waals surface area contributed by atoms with Crippen molar-refractivity contribution in [2.24, 2.45) is 0 Å². The molecule has 0 spiro atoms. The molecule has 2 aromatic carbocycles. The number of aromatic nitrogens is 2. The molecule has 0 aliphatic carbocycles. The summed E-state index contributed by atoms with van der Waals surface area (Å²) in [5, 5.41) is 7.54. The van der Waals surface area contributed by atoms with E-state index in [0.717, 1.165) is 36.2 Å². The Morgan fingerprint density at radius 1 is 1.21 bits per heavy atom. The third kappa shape index (κ3) is 4.00. The second kappa shape index (κ2) is 8.14. The second-order valence-electron chi connectivity index (χ2n) is 8.40. The topological polar surface area (TPSA) is 71.3 Å². The summed E-state index contributed by atoms with van der Waals surface area (Å²) in [5.41, 5.74) is 3.68. The van der Waals surface area contributed by atoms with Crippen LogP contribution < -0.4 is 5.32 Å². The van der Waals surface area contributed by atoms with Crippen molar-refractivity contribution in [3.05, 3.63) is 69.6 Å². The largest absolute Gasteiger partial charge is 0.471 e. The molecule has 2 aliphatic rings. The molecule has 0 saturated carbocycles.